The fourth-order valence-electron chi connectivity index (χ4n) is 2.36. The Morgan fingerprint density at radius 3 is 2.48 bits per heavy atom. The molecular formula is C14H22F3NO2S. The number of aliphatic hydroxyl groups is 1. The van der Waals surface area contributed by atoms with Crippen LogP contribution in [0.25, 0.3) is 0 Å². The predicted octanol–water partition coefficient (Wildman–Crippen LogP) is 3.34. The minimum absolute atomic E-state index is 0.243. The van der Waals surface area contributed by atoms with Gasteiger partial charge >= 0.3 is 6.18 Å². The number of hydrogen-bond acceptors (Lipinski definition) is 3. The van der Waals surface area contributed by atoms with Crippen molar-refractivity contribution in [1.29, 1.82) is 0 Å². The summed E-state index contributed by atoms with van der Waals surface area (Å²) in [6.07, 6.45) is -0.986. The molecule has 0 saturated heterocycles. The Balaban J connectivity index is 2.96. The molecule has 0 aliphatic carbocycles. The van der Waals surface area contributed by atoms with Crippen molar-refractivity contribution in [2.75, 3.05) is 12.3 Å². The van der Waals surface area contributed by atoms with Gasteiger partial charge in [0, 0.05) is 12.1 Å². The molecule has 2 unspecified atom stereocenters. The van der Waals surface area contributed by atoms with Gasteiger partial charge in [-0.1, -0.05) is 26.7 Å². The molecule has 0 aromatic carbocycles. The summed E-state index contributed by atoms with van der Waals surface area (Å²) in [4.78, 5) is 13.4. The molecule has 0 aromatic heterocycles. The Bertz CT molecular complexity index is 408. The Hall–Kier alpha value is -0.690. The topological polar surface area (TPSA) is 40.5 Å². The first kappa shape index (κ1) is 18.4. The fraction of sp³-hybridized carbons (Fsp3) is 0.786. The average Bonchev–Trinajstić information content (AvgIpc) is 2.57. The number of alkyl halides is 3. The second kappa shape index (κ2) is 7.05. The van der Waals surface area contributed by atoms with Gasteiger partial charge in [0.05, 0.1) is 0 Å². The molecule has 7 heteroatoms. The van der Waals surface area contributed by atoms with Crippen LogP contribution in [0.15, 0.2) is 11.6 Å². The summed E-state index contributed by atoms with van der Waals surface area (Å²) < 4.78 is 39.3. The molecule has 1 aliphatic heterocycles. The molecular weight excluding hydrogens is 303 g/mol. The number of rotatable bonds is 7. The number of carbonyl (C=O) groups excluding carboxylic acids is 1. The van der Waals surface area contributed by atoms with Crippen LogP contribution >= 0.6 is 11.8 Å². The zero-order valence-electron chi connectivity index (χ0n) is 12.5. The van der Waals surface area contributed by atoms with Crippen molar-refractivity contribution in [3.63, 3.8) is 0 Å². The summed E-state index contributed by atoms with van der Waals surface area (Å²) in [6.45, 7) is 5.22. The van der Waals surface area contributed by atoms with Gasteiger partial charge in [-0.15, -0.1) is 11.8 Å². The number of carbonyl (C=O) groups is 1. The lowest BCUT2D eigenvalue weighted by atomic mass is 10.1. The van der Waals surface area contributed by atoms with E-state index in [1.807, 2.05) is 6.92 Å². The molecule has 0 bridgehead atoms. The van der Waals surface area contributed by atoms with Crippen LogP contribution in [0.2, 0.25) is 0 Å². The molecule has 0 spiro atoms. The fourth-order valence-corrected chi connectivity index (χ4v) is 3.23. The number of thioether (sulfide) groups is 1. The molecule has 1 N–H and O–H groups in total. The Morgan fingerprint density at radius 2 is 2.00 bits per heavy atom. The summed E-state index contributed by atoms with van der Waals surface area (Å²) in [7, 11) is 0. The van der Waals surface area contributed by atoms with E-state index < -0.39 is 23.1 Å². The van der Waals surface area contributed by atoms with Gasteiger partial charge in [-0.25, -0.2) is 0 Å². The predicted molar refractivity (Wildman–Crippen MR) is 77.9 cm³/mol. The minimum Gasteiger partial charge on any atom is -0.367 e. The SMILES string of the molecule is CCCCCN1C(=O)C(C(SCC)C(F)(F)F)=CC1(C)O. The smallest absolute Gasteiger partial charge is 0.367 e. The molecule has 0 aromatic rings. The molecule has 21 heavy (non-hydrogen) atoms. The third-order valence-corrected chi connectivity index (χ3v) is 4.55. The molecule has 0 saturated carbocycles. The molecule has 122 valence electrons. The van der Waals surface area contributed by atoms with Crippen molar-refractivity contribution in [1.82, 2.24) is 4.90 Å². The van der Waals surface area contributed by atoms with E-state index in [4.69, 9.17) is 0 Å². The maximum absolute atomic E-state index is 13.1. The molecule has 1 aliphatic rings. The Labute approximate surface area is 127 Å². The van der Waals surface area contributed by atoms with Gasteiger partial charge in [0.2, 0.25) is 0 Å². The van der Waals surface area contributed by atoms with E-state index >= 15 is 0 Å². The van der Waals surface area contributed by atoms with Crippen LogP contribution in [0, 0.1) is 0 Å². The summed E-state index contributed by atoms with van der Waals surface area (Å²) in [5, 5.41) is 8.35. The van der Waals surface area contributed by atoms with Crippen LogP contribution in [0.4, 0.5) is 13.2 Å². The first-order valence-corrected chi connectivity index (χ1v) is 8.15. The van der Waals surface area contributed by atoms with Crippen molar-refractivity contribution in [3.05, 3.63) is 11.6 Å². The third kappa shape index (κ3) is 4.39. The monoisotopic (exact) mass is 325 g/mol. The average molecular weight is 325 g/mol. The summed E-state index contributed by atoms with van der Waals surface area (Å²) in [5.74, 6) is -0.466. The van der Waals surface area contributed by atoms with Crippen molar-refractivity contribution in [2.24, 2.45) is 0 Å². The number of unbranched alkanes of at least 4 members (excludes halogenated alkanes) is 2. The van der Waals surface area contributed by atoms with Gasteiger partial charge < -0.3 is 10.0 Å². The zero-order chi connectivity index (χ0) is 16.3. The molecule has 0 fully saturated rings. The van der Waals surface area contributed by atoms with Crippen LogP contribution in [-0.4, -0.2) is 45.4 Å². The lowest BCUT2D eigenvalue weighted by molar-refractivity contribution is -0.144. The van der Waals surface area contributed by atoms with Gasteiger partial charge in [0.25, 0.3) is 5.91 Å². The van der Waals surface area contributed by atoms with E-state index in [2.05, 4.69) is 0 Å². The van der Waals surface area contributed by atoms with Gasteiger partial charge in [-0.2, -0.15) is 13.2 Å². The van der Waals surface area contributed by atoms with Crippen LogP contribution in [0.5, 0.6) is 0 Å². The highest BCUT2D eigenvalue weighted by Crippen LogP contribution is 2.40. The van der Waals surface area contributed by atoms with Gasteiger partial charge in [0.1, 0.15) is 5.25 Å². The Kier molecular flexibility index (Phi) is 6.16. The van der Waals surface area contributed by atoms with E-state index in [1.165, 1.54) is 6.92 Å². The number of amides is 1. The highest BCUT2D eigenvalue weighted by molar-refractivity contribution is 8.00. The number of halogens is 3. The first-order chi connectivity index (χ1) is 9.65. The van der Waals surface area contributed by atoms with Crippen LogP contribution in [0.3, 0.4) is 0 Å². The van der Waals surface area contributed by atoms with Gasteiger partial charge in [0.15, 0.2) is 5.72 Å². The van der Waals surface area contributed by atoms with Crippen molar-refractivity contribution < 1.29 is 23.1 Å². The lowest BCUT2D eigenvalue weighted by Gasteiger charge is -2.30. The van der Waals surface area contributed by atoms with Crippen molar-refractivity contribution >= 4 is 17.7 Å². The minimum atomic E-state index is -4.50. The standard InChI is InChI=1S/C14H22F3NO2S/c1-4-6-7-8-18-12(19)10(9-13(18,3)20)11(21-5-2)14(15,16)17/h9,11,20H,4-8H2,1-3H3. The van der Waals surface area contributed by atoms with Crippen molar-refractivity contribution in [2.45, 2.75) is 57.2 Å². The molecule has 1 heterocycles. The maximum Gasteiger partial charge on any atom is 0.404 e. The highest BCUT2D eigenvalue weighted by Gasteiger charge is 2.50. The number of nitrogens with zero attached hydrogens (tertiary/aromatic N) is 1. The van der Waals surface area contributed by atoms with Crippen LogP contribution in [0.1, 0.15) is 40.0 Å². The molecule has 2 atom stereocenters. The molecule has 1 rings (SSSR count). The van der Waals surface area contributed by atoms with E-state index in [0.29, 0.717) is 18.2 Å². The normalized spacial score (nSPS) is 24.4. The Morgan fingerprint density at radius 1 is 1.38 bits per heavy atom. The summed E-state index contributed by atoms with van der Waals surface area (Å²) in [5.41, 5.74) is -1.99. The van der Waals surface area contributed by atoms with Gasteiger partial charge in [-0.3, -0.25) is 4.79 Å². The van der Waals surface area contributed by atoms with E-state index in [-0.39, 0.29) is 17.9 Å². The quantitative estimate of drug-likeness (QED) is 0.730. The first-order valence-electron chi connectivity index (χ1n) is 7.10. The second-order valence-corrected chi connectivity index (χ2v) is 6.62. The van der Waals surface area contributed by atoms with Gasteiger partial charge in [-0.05, 0) is 25.2 Å². The van der Waals surface area contributed by atoms with E-state index in [0.717, 1.165) is 23.8 Å². The highest BCUT2D eigenvalue weighted by atomic mass is 32.2. The molecule has 1 amide bonds. The largest absolute Gasteiger partial charge is 0.404 e. The lowest BCUT2D eigenvalue weighted by Crippen LogP contribution is -2.45. The zero-order valence-corrected chi connectivity index (χ0v) is 13.4. The van der Waals surface area contributed by atoms with Crippen molar-refractivity contribution in [3.8, 4) is 0 Å². The van der Waals surface area contributed by atoms with E-state index in [9.17, 15) is 23.1 Å². The molecule has 0 radical (unpaired) electrons. The maximum atomic E-state index is 13.1. The summed E-state index contributed by atoms with van der Waals surface area (Å²) >= 11 is 0.664. The van der Waals surface area contributed by atoms with Crippen LogP contribution in [-0.2, 0) is 4.79 Å². The van der Waals surface area contributed by atoms with Crippen LogP contribution < -0.4 is 0 Å². The summed E-state index contributed by atoms with van der Waals surface area (Å²) in [6, 6.07) is 0. The molecule has 3 nitrogen and oxygen atoms in total. The number of hydrogen-bond donors (Lipinski definition) is 1. The third-order valence-electron chi connectivity index (χ3n) is 3.37. The second-order valence-electron chi connectivity index (χ2n) is 5.23. The van der Waals surface area contributed by atoms with E-state index in [1.54, 1.807) is 6.92 Å².